The Morgan fingerprint density at radius 1 is 1.29 bits per heavy atom. The van der Waals surface area contributed by atoms with Crippen molar-refractivity contribution in [1.82, 2.24) is 14.9 Å². The lowest BCUT2D eigenvalue weighted by molar-refractivity contribution is 0.0223. The van der Waals surface area contributed by atoms with Crippen LogP contribution in [0.3, 0.4) is 0 Å². The van der Waals surface area contributed by atoms with Crippen molar-refractivity contribution >= 4 is 27.5 Å². The summed E-state index contributed by atoms with van der Waals surface area (Å²) in [7, 11) is 0. The van der Waals surface area contributed by atoms with Crippen LogP contribution in [-0.4, -0.2) is 57.9 Å². The van der Waals surface area contributed by atoms with Crippen LogP contribution in [0.4, 0.5) is 0 Å². The van der Waals surface area contributed by atoms with Gasteiger partial charge in [0.15, 0.2) is 0 Å². The van der Waals surface area contributed by atoms with Crippen molar-refractivity contribution < 1.29 is 19.4 Å². The molecule has 1 atom stereocenters. The number of H-pyrrole nitrogens is 1. The van der Waals surface area contributed by atoms with E-state index in [4.69, 9.17) is 9.47 Å². The van der Waals surface area contributed by atoms with Crippen LogP contribution in [0.5, 0.6) is 0 Å². The number of benzene rings is 1. The number of ether oxygens (including phenoxy) is 2. The van der Waals surface area contributed by atoms with Crippen molar-refractivity contribution in [2.75, 3.05) is 19.8 Å². The molecule has 0 saturated carbocycles. The van der Waals surface area contributed by atoms with Gasteiger partial charge in [0.1, 0.15) is 15.5 Å². The van der Waals surface area contributed by atoms with Gasteiger partial charge in [0.25, 0.3) is 5.56 Å². The van der Waals surface area contributed by atoms with E-state index in [1.165, 1.54) is 0 Å². The van der Waals surface area contributed by atoms with E-state index in [0.717, 1.165) is 16.9 Å². The average molecular weight is 486 g/mol. The average Bonchev–Trinajstić information content (AvgIpc) is 3.11. The van der Waals surface area contributed by atoms with Gasteiger partial charge in [-0.05, 0) is 31.9 Å². The van der Waals surface area contributed by atoms with Crippen LogP contribution in [0, 0.1) is 6.92 Å². The Kier molecular flexibility index (Phi) is 9.12. The standard InChI is InChI=1S/C25H31N3O5S/c1-5-11-32-15-19(29)13-28(12-18-9-7-6-8-10-18)14-20-26-23(30)21-17(4)22(34-24(21)27-20)25(31)33-16(2)3/h5-10,16,19,29H,1,11-15H2,2-4H3,(H,26,27,30)/t19-/m0/s1. The van der Waals surface area contributed by atoms with Gasteiger partial charge in [-0.25, -0.2) is 9.78 Å². The minimum atomic E-state index is -0.722. The molecule has 0 bridgehead atoms. The molecule has 1 aromatic carbocycles. The normalized spacial score (nSPS) is 12.4. The zero-order chi connectivity index (χ0) is 24.7. The molecule has 3 aromatic rings. The van der Waals surface area contributed by atoms with Crippen LogP contribution in [0.15, 0.2) is 47.8 Å². The molecule has 182 valence electrons. The van der Waals surface area contributed by atoms with Crippen molar-refractivity contribution in [3.05, 3.63) is 75.2 Å². The second-order valence-corrected chi connectivity index (χ2v) is 9.34. The van der Waals surface area contributed by atoms with Gasteiger partial charge < -0.3 is 19.6 Å². The molecule has 3 rings (SSSR count). The van der Waals surface area contributed by atoms with Crippen molar-refractivity contribution in [3.8, 4) is 0 Å². The molecule has 0 amide bonds. The number of thiophene rings is 1. The molecule has 2 aromatic heterocycles. The fourth-order valence-electron chi connectivity index (χ4n) is 3.60. The summed E-state index contributed by atoms with van der Waals surface area (Å²) in [4.78, 5) is 35.7. The smallest absolute Gasteiger partial charge is 0.348 e. The third-order valence-corrected chi connectivity index (χ3v) is 6.18. The van der Waals surface area contributed by atoms with E-state index in [1.807, 2.05) is 35.2 Å². The molecule has 0 spiro atoms. The highest BCUT2D eigenvalue weighted by Gasteiger charge is 2.22. The van der Waals surface area contributed by atoms with E-state index in [1.54, 1.807) is 26.8 Å². The van der Waals surface area contributed by atoms with Crippen LogP contribution < -0.4 is 5.56 Å². The number of aliphatic hydroxyl groups is 1. The molecule has 34 heavy (non-hydrogen) atoms. The Morgan fingerprint density at radius 2 is 2.03 bits per heavy atom. The van der Waals surface area contributed by atoms with Crippen molar-refractivity contribution in [1.29, 1.82) is 0 Å². The lowest BCUT2D eigenvalue weighted by Gasteiger charge is -2.24. The van der Waals surface area contributed by atoms with Gasteiger partial charge in [0.05, 0.1) is 37.4 Å². The quantitative estimate of drug-likeness (QED) is 0.230. The third kappa shape index (κ3) is 6.83. The molecular formula is C25H31N3O5S. The second-order valence-electron chi connectivity index (χ2n) is 8.34. The Bertz CT molecular complexity index is 1170. The lowest BCUT2D eigenvalue weighted by Crippen LogP contribution is -2.35. The molecule has 2 heterocycles. The minimum absolute atomic E-state index is 0.172. The van der Waals surface area contributed by atoms with Gasteiger partial charge in [-0.2, -0.15) is 0 Å². The number of esters is 1. The molecule has 9 heteroatoms. The number of aliphatic hydroxyl groups excluding tert-OH is 1. The maximum Gasteiger partial charge on any atom is 0.348 e. The first-order chi connectivity index (χ1) is 16.3. The molecule has 8 nitrogen and oxygen atoms in total. The molecular weight excluding hydrogens is 454 g/mol. The summed E-state index contributed by atoms with van der Waals surface area (Å²) in [6, 6.07) is 9.86. The Morgan fingerprint density at radius 3 is 2.71 bits per heavy atom. The van der Waals surface area contributed by atoms with E-state index in [2.05, 4.69) is 16.5 Å². The molecule has 0 aliphatic rings. The molecule has 2 N–H and O–H groups in total. The maximum absolute atomic E-state index is 12.9. The zero-order valence-corrected chi connectivity index (χ0v) is 20.6. The number of nitrogens with one attached hydrogen (secondary N) is 1. The molecule has 0 fully saturated rings. The van der Waals surface area contributed by atoms with Crippen LogP contribution in [0.25, 0.3) is 10.2 Å². The van der Waals surface area contributed by atoms with Crippen molar-refractivity contribution in [2.45, 2.75) is 46.1 Å². The van der Waals surface area contributed by atoms with E-state index >= 15 is 0 Å². The zero-order valence-electron chi connectivity index (χ0n) is 19.7. The molecule has 0 saturated heterocycles. The van der Waals surface area contributed by atoms with Crippen LogP contribution in [0.2, 0.25) is 0 Å². The topological polar surface area (TPSA) is 105 Å². The highest BCUT2D eigenvalue weighted by atomic mass is 32.1. The Balaban J connectivity index is 1.86. The highest BCUT2D eigenvalue weighted by molar-refractivity contribution is 7.20. The van der Waals surface area contributed by atoms with Crippen LogP contribution >= 0.6 is 11.3 Å². The number of rotatable bonds is 12. The number of hydrogen-bond acceptors (Lipinski definition) is 8. The molecule has 0 unspecified atom stereocenters. The second kappa shape index (κ2) is 12.0. The number of carbonyl (C=O) groups is 1. The fraction of sp³-hybridized carbons (Fsp3) is 0.400. The van der Waals surface area contributed by atoms with Gasteiger partial charge in [0.2, 0.25) is 0 Å². The summed E-state index contributed by atoms with van der Waals surface area (Å²) in [5.41, 5.74) is 1.34. The lowest BCUT2D eigenvalue weighted by atomic mass is 10.2. The van der Waals surface area contributed by atoms with Gasteiger partial charge >= 0.3 is 5.97 Å². The number of aromatic nitrogens is 2. The van der Waals surface area contributed by atoms with Crippen molar-refractivity contribution in [2.24, 2.45) is 0 Å². The Hall–Kier alpha value is -2.85. The van der Waals surface area contributed by atoms with E-state index in [-0.39, 0.29) is 18.3 Å². The minimum Gasteiger partial charge on any atom is -0.459 e. The van der Waals surface area contributed by atoms with E-state index in [9.17, 15) is 14.7 Å². The first kappa shape index (κ1) is 25.8. The summed E-state index contributed by atoms with van der Waals surface area (Å²) in [6.45, 7) is 10.6. The first-order valence-electron chi connectivity index (χ1n) is 11.1. The van der Waals surface area contributed by atoms with Gasteiger partial charge in [-0.15, -0.1) is 17.9 Å². The van der Waals surface area contributed by atoms with Crippen LogP contribution in [-0.2, 0) is 22.6 Å². The first-order valence-corrected chi connectivity index (χ1v) is 12.0. The summed E-state index contributed by atoms with van der Waals surface area (Å²) < 4.78 is 10.7. The molecule has 0 aliphatic heterocycles. The summed E-state index contributed by atoms with van der Waals surface area (Å²) in [6.07, 6.45) is 0.653. The van der Waals surface area contributed by atoms with Gasteiger partial charge in [-0.1, -0.05) is 36.4 Å². The van der Waals surface area contributed by atoms with E-state index < -0.39 is 12.1 Å². The fourth-order valence-corrected chi connectivity index (χ4v) is 4.69. The van der Waals surface area contributed by atoms with Crippen molar-refractivity contribution in [3.63, 3.8) is 0 Å². The number of hydrogen-bond donors (Lipinski definition) is 2. The maximum atomic E-state index is 12.9. The molecule has 0 aliphatic carbocycles. The summed E-state index contributed by atoms with van der Waals surface area (Å²) in [5.74, 6) is 0.00229. The predicted molar refractivity (Wildman–Crippen MR) is 133 cm³/mol. The largest absolute Gasteiger partial charge is 0.459 e. The Labute approximate surface area is 202 Å². The summed E-state index contributed by atoms with van der Waals surface area (Å²) in [5, 5.41) is 10.9. The van der Waals surface area contributed by atoms with Gasteiger partial charge in [-0.3, -0.25) is 9.69 Å². The van der Waals surface area contributed by atoms with Gasteiger partial charge in [0, 0.05) is 13.1 Å². The predicted octanol–water partition coefficient (Wildman–Crippen LogP) is 3.42. The number of carbonyl (C=O) groups excluding carboxylic acids is 1. The number of fused-ring (bicyclic) bond motifs is 1. The molecule has 0 radical (unpaired) electrons. The SMILES string of the molecule is C=CCOC[C@@H](O)CN(Cc1ccccc1)Cc1nc2sc(C(=O)OC(C)C)c(C)c2c(=O)[nH]1. The monoisotopic (exact) mass is 485 g/mol. The van der Waals surface area contributed by atoms with Crippen LogP contribution in [0.1, 0.15) is 40.5 Å². The highest BCUT2D eigenvalue weighted by Crippen LogP contribution is 2.28. The number of aryl methyl sites for hydroxylation is 1. The third-order valence-electron chi connectivity index (χ3n) is 5.01. The number of nitrogens with zero attached hydrogens (tertiary/aromatic N) is 2. The summed E-state index contributed by atoms with van der Waals surface area (Å²) >= 11 is 1.16. The van der Waals surface area contributed by atoms with E-state index in [0.29, 0.717) is 52.7 Å². The number of aromatic amines is 1.